The number of hydrogen-bond acceptors (Lipinski definition) is 4. The second-order valence-electron chi connectivity index (χ2n) is 6.34. The quantitative estimate of drug-likeness (QED) is 0.788. The minimum atomic E-state index is 0.516. The number of thiazole rings is 1. The molecule has 1 N–H and O–H groups in total. The molecule has 0 aromatic carbocycles. The molecule has 3 nitrogen and oxygen atoms in total. The first-order valence-corrected chi connectivity index (χ1v) is 8.60. The van der Waals surface area contributed by atoms with E-state index in [4.69, 9.17) is 4.98 Å². The Bertz CT molecular complexity index is 398. The molecule has 0 fully saturated rings. The summed E-state index contributed by atoms with van der Waals surface area (Å²) in [6, 6.07) is 0.516. The molecule has 0 aliphatic heterocycles. The van der Waals surface area contributed by atoms with Gasteiger partial charge in [0.2, 0.25) is 0 Å². The Morgan fingerprint density at radius 3 is 2.35 bits per heavy atom. The van der Waals surface area contributed by atoms with E-state index in [1.165, 1.54) is 10.6 Å². The Balaban J connectivity index is 2.77. The summed E-state index contributed by atoms with van der Waals surface area (Å²) in [7, 11) is 2.16. The highest BCUT2D eigenvalue weighted by Crippen LogP contribution is 2.28. The van der Waals surface area contributed by atoms with E-state index in [1.807, 2.05) is 11.3 Å². The van der Waals surface area contributed by atoms with Gasteiger partial charge >= 0.3 is 0 Å². The molecule has 116 valence electrons. The SMILES string of the molecule is CCc1nc(N(C)C(C)C(C)C)sc1CNCC(C)C. The average molecular weight is 298 g/mol. The molecule has 1 heterocycles. The van der Waals surface area contributed by atoms with Gasteiger partial charge in [0.15, 0.2) is 5.13 Å². The van der Waals surface area contributed by atoms with E-state index >= 15 is 0 Å². The summed E-state index contributed by atoms with van der Waals surface area (Å²) in [5.74, 6) is 1.33. The topological polar surface area (TPSA) is 28.2 Å². The van der Waals surface area contributed by atoms with Gasteiger partial charge in [-0.25, -0.2) is 4.98 Å². The van der Waals surface area contributed by atoms with Crippen LogP contribution in [0.25, 0.3) is 0 Å². The fourth-order valence-corrected chi connectivity index (χ4v) is 3.20. The number of nitrogens with one attached hydrogen (secondary N) is 1. The van der Waals surface area contributed by atoms with Crippen molar-refractivity contribution in [2.75, 3.05) is 18.5 Å². The highest BCUT2D eigenvalue weighted by molar-refractivity contribution is 7.15. The number of rotatable bonds is 8. The number of anilines is 1. The second-order valence-corrected chi connectivity index (χ2v) is 7.40. The summed E-state index contributed by atoms with van der Waals surface area (Å²) >= 11 is 1.84. The first-order valence-electron chi connectivity index (χ1n) is 7.78. The predicted octanol–water partition coefficient (Wildman–Crippen LogP) is 3.93. The lowest BCUT2D eigenvalue weighted by Gasteiger charge is -2.27. The summed E-state index contributed by atoms with van der Waals surface area (Å²) in [5, 5.41) is 4.69. The van der Waals surface area contributed by atoms with Crippen LogP contribution < -0.4 is 10.2 Å². The Kier molecular flexibility index (Phi) is 6.96. The van der Waals surface area contributed by atoms with Gasteiger partial charge in [-0.1, -0.05) is 34.6 Å². The van der Waals surface area contributed by atoms with Crippen LogP contribution in [0.4, 0.5) is 5.13 Å². The number of hydrogen-bond donors (Lipinski definition) is 1. The lowest BCUT2D eigenvalue weighted by atomic mass is 10.1. The molecule has 0 radical (unpaired) electrons. The highest BCUT2D eigenvalue weighted by atomic mass is 32.1. The summed E-state index contributed by atoms with van der Waals surface area (Å²) in [6.07, 6.45) is 1.01. The maximum Gasteiger partial charge on any atom is 0.185 e. The molecule has 0 saturated heterocycles. The maximum absolute atomic E-state index is 4.83. The Labute approximate surface area is 128 Å². The van der Waals surface area contributed by atoms with E-state index in [1.54, 1.807) is 0 Å². The van der Waals surface area contributed by atoms with E-state index in [0.717, 1.165) is 24.6 Å². The molecule has 1 rings (SSSR count). The van der Waals surface area contributed by atoms with Crippen LogP contribution in [0.5, 0.6) is 0 Å². The van der Waals surface area contributed by atoms with E-state index in [9.17, 15) is 0 Å². The van der Waals surface area contributed by atoms with Gasteiger partial charge in [0.1, 0.15) is 0 Å². The normalized spacial score (nSPS) is 13.2. The fourth-order valence-electron chi connectivity index (χ4n) is 2.03. The lowest BCUT2D eigenvalue weighted by molar-refractivity contribution is 0.505. The van der Waals surface area contributed by atoms with E-state index < -0.39 is 0 Å². The number of nitrogens with zero attached hydrogens (tertiary/aromatic N) is 2. The van der Waals surface area contributed by atoms with Crippen molar-refractivity contribution in [2.45, 2.75) is 60.5 Å². The molecule has 0 saturated carbocycles. The monoisotopic (exact) mass is 297 g/mol. The average Bonchev–Trinajstić information content (AvgIpc) is 2.79. The van der Waals surface area contributed by atoms with Crippen molar-refractivity contribution in [2.24, 2.45) is 11.8 Å². The van der Waals surface area contributed by atoms with Gasteiger partial charge in [0.05, 0.1) is 5.69 Å². The lowest BCUT2D eigenvalue weighted by Crippen LogP contribution is -2.33. The smallest absolute Gasteiger partial charge is 0.185 e. The third-order valence-corrected chi connectivity index (χ3v) is 5.01. The van der Waals surface area contributed by atoms with Crippen LogP contribution in [0.3, 0.4) is 0 Å². The first-order chi connectivity index (χ1) is 9.36. The Hall–Kier alpha value is -0.610. The van der Waals surface area contributed by atoms with Crippen LogP contribution in [-0.2, 0) is 13.0 Å². The van der Waals surface area contributed by atoms with Gasteiger partial charge in [-0.05, 0) is 31.7 Å². The van der Waals surface area contributed by atoms with Crippen molar-refractivity contribution in [3.63, 3.8) is 0 Å². The molecular formula is C16H31N3S. The van der Waals surface area contributed by atoms with Crippen LogP contribution in [0, 0.1) is 11.8 Å². The molecule has 0 spiro atoms. The third kappa shape index (κ3) is 4.74. The van der Waals surface area contributed by atoms with Crippen molar-refractivity contribution < 1.29 is 0 Å². The molecular weight excluding hydrogens is 266 g/mol. The Morgan fingerprint density at radius 2 is 1.85 bits per heavy atom. The predicted molar refractivity (Wildman–Crippen MR) is 90.7 cm³/mol. The van der Waals surface area contributed by atoms with Crippen molar-refractivity contribution in [3.8, 4) is 0 Å². The van der Waals surface area contributed by atoms with Gasteiger partial charge in [-0.2, -0.15) is 0 Å². The van der Waals surface area contributed by atoms with Gasteiger partial charge < -0.3 is 10.2 Å². The summed E-state index contributed by atoms with van der Waals surface area (Å²) < 4.78 is 0. The second kappa shape index (κ2) is 7.99. The first kappa shape index (κ1) is 17.4. The molecule has 0 aliphatic carbocycles. The summed E-state index contributed by atoms with van der Waals surface area (Å²) in [5.41, 5.74) is 1.25. The van der Waals surface area contributed by atoms with E-state index in [2.05, 4.69) is 58.8 Å². The summed E-state index contributed by atoms with van der Waals surface area (Å²) in [4.78, 5) is 8.55. The fraction of sp³-hybridized carbons (Fsp3) is 0.812. The minimum Gasteiger partial charge on any atom is -0.348 e. The molecule has 1 atom stereocenters. The van der Waals surface area contributed by atoms with E-state index in [-0.39, 0.29) is 0 Å². The molecule has 0 aliphatic rings. The molecule has 0 bridgehead atoms. The van der Waals surface area contributed by atoms with Gasteiger partial charge in [-0.15, -0.1) is 11.3 Å². The van der Waals surface area contributed by atoms with Gasteiger partial charge in [0, 0.05) is 24.5 Å². The minimum absolute atomic E-state index is 0.516. The maximum atomic E-state index is 4.83. The third-order valence-electron chi connectivity index (χ3n) is 3.82. The van der Waals surface area contributed by atoms with E-state index in [0.29, 0.717) is 17.9 Å². The molecule has 1 aromatic heterocycles. The highest BCUT2D eigenvalue weighted by Gasteiger charge is 2.18. The van der Waals surface area contributed by atoms with Crippen LogP contribution >= 0.6 is 11.3 Å². The zero-order valence-electron chi connectivity index (χ0n) is 14.2. The van der Waals surface area contributed by atoms with Crippen LogP contribution in [0.1, 0.15) is 52.1 Å². The zero-order chi connectivity index (χ0) is 15.3. The van der Waals surface area contributed by atoms with Crippen LogP contribution in [-0.4, -0.2) is 24.6 Å². The molecule has 0 amide bonds. The molecule has 4 heteroatoms. The van der Waals surface area contributed by atoms with Gasteiger partial charge in [0.25, 0.3) is 0 Å². The zero-order valence-corrected chi connectivity index (χ0v) is 15.0. The molecule has 20 heavy (non-hydrogen) atoms. The molecule has 1 unspecified atom stereocenters. The Morgan fingerprint density at radius 1 is 1.20 bits per heavy atom. The van der Waals surface area contributed by atoms with Crippen LogP contribution in [0.15, 0.2) is 0 Å². The number of aromatic nitrogens is 1. The van der Waals surface area contributed by atoms with Crippen LogP contribution in [0.2, 0.25) is 0 Å². The van der Waals surface area contributed by atoms with Crippen molar-refractivity contribution in [1.82, 2.24) is 10.3 Å². The largest absolute Gasteiger partial charge is 0.348 e. The van der Waals surface area contributed by atoms with Crippen molar-refractivity contribution in [3.05, 3.63) is 10.6 Å². The molecule has 1 aromatic rings. The van der Waals surface area contributed by atoms with Crippen molar-refractivity contribution >= 4 is 16.5 Å². The van der Waals surface area contributed by atoms with Crippen molar-refractivity contribution in [1.29, 1.82) is 0 Å². The van der Waals surface area contributed by atoms with Gasteiger partial charge in [-0.3, -0.25) is 0 Å². The summed E-state index contributed by atoms with van der Waals surface area (Å²) in [6.45, 7) is 15.5. The standard InChI is InChI=1S/C16H31N3S/c1-8-14-15(10-17-9-11(2)3)20-16(18-14)19(7)13(6)12(4)5/h11-13,17H,8-10H2,1-7H3. The number of aryl methyl sites for hydroxylation is 1.